The summed E-state index contributed by atoms with van der Waals surface area (Å²) in [6.45, 7) is 2.89. The zero-order chi connectivity index (χ0) is 20.3. The highest BCUT2D eigenvalue weighted by Crippen LogP contribution is 2.17. The molecule has 3 rings (SSSR count). The van der Waals surface area contributed by atoms with Crippen LogP contribution in [0.15, 0.2) is 59.4 Å². The van der Waals surface area contributed by atoms with Crippen molar-refractivity contribution in [1.82, 2.24) is 4.98 Å². The number of benzene rings is 2. The minimum absolute atomic E-state index is 0.0785. The lowest BCUT2D eigenvalue weighted by Gasteiger charge is -2.14. The van der Waals surface area contributed by atoms with Crippen molar-refractivity contribution in [3.8, 4) is 0 Å². The summed E-state index contributed by atoms with van der Waals surface area (Å²) in [4.78, 5) is 50.5. The van der Waals surface area contributed by atoms with Crippen molar-refractivity contribution in [3.63, 3.8) is 0 Å². The molecule has 2 N–H and O–H groups in total. The number of H-pyrrole nitrogens is 1. The van der Waals surface area contributed by atoms with Crippen LogP contribution >= 0.6 is 0 Å². The highest BCUT2D eigenvalue weighted by atomic mass is 16.5. The van der Waals surface area contributed by atoms with E-state index >= 15 is 0 Å². The minimum atomic E-state index is -1.09. The molecule has 0 saturated heterocycles. The van der Waals surface area contributed by atoms with Crippen molar-refractivity contribution in [3.05, 3.63) is 76.1 Å². The molecule has 1 heterocycles. The number of ketones is 1. The summed E-state index contributed by atoms with van der Waals surface area (Å²) in [6.07, 6.45) is -1.09. The summed E-state index contributed by atoms with van der Waals surface area (Å²) in [5.74, 6) is -1.37. The standard InChI is InChI=1S/C21H18N2O5/c1-12(24)14-7-9-15(10-8-14)22-20(26)13(2)28-21(27)17-11-19(25)23-18-6-4-3-5-16(17)18/h3-11,13H,1-2H3,(H,22,26)(H,23,25)/t13-/m0/s1. The van der Waals surface area contributed by atoms with Crippen LogP contribution < -0.4 is 10.9 Å². The summed E-state index contributed by atoms with van der Waals surface area (Å²) in [6, 6.07) is 14.3. The number of nitrogens with one attached hydrogen (secondary N) is 2. The summed E-state index contributed by atoms with van der Waals surface area (Å²) in [5, 5.41) is 3.15. The largest absolute Gasteiger partial charge is 0.449 e. The number of Topliss-reactive ketones (excluding diaryl/α,β-unsaturated/α-hetero) is 1. The summed E-state index contributed by atoms with van der Waals surface area (Å²) in [7, 11) is 0. The number of carbonyl (C=O) groups excluding carboxylic acids is 3. The van der Waals surface area contributed by atoms with Gasteiger partial charge in [-0.05, 0) is 44.2 Å². The molecule has 7 nitrogen and oxygen atoms in total. The molecule has 28 heavy (non-hydrogen) atoms. The number of ether oxygens (including phenoxy) is 1. The molecule has 0 aliphatic rings. The second-order valence-corrected chi connectivity index (χ2v) is 6.26. The zero-order valence-electron chi connectivity index (χ0n) is 15.3. The van der Waals surface area contributed by atoms with Gasteiger partial charge < -0.3 is 15.0 Å². The molecule has 0 unspecified atom stereocenters. The predicted octanol–water partition coefficient (Wildman–Crippen LogP) is 2.91. The topological polar surface area (TPSA) is 105 Å². The van der Waals surface area contributed by atoms with E-state index in [2.05, 4.69) is 10.3 Å². The molecule has 7 heteroatoms. The second kappa shape index (κ2) is 7.87. The van der Waals surface area contributed by atoms with Gasteiger partial charge in [0, 0.05) is 28.2 Å². The third kappa shape index (κ3) is 4.15. The van der Waals surface area contributed by atoms with Crippen LogP contribution in [0.3, 0.4) is 0 Å². The first-order chi connectivity index (χ1) is 13.3. The van der Waals surface area contributed by atoms with E-state index in [4.69, 9.17) is 4.74 Å². The molecule has 0 fully saturated rings. The third-order valence-corrected chi connectivity index (χ3v) is 4.18. The highest BCUT2D eigenvalue weighted by molar-refractivity contribution is 6.04. The van der Waals surface area contributed by atoms with Crippen molar-refractivity contribution in [2.24, 2.45) is 0 Å². The first kappa shape index (κ1) is 19.0. The number of aromatic amines is 1. The van der Waals surface area contributed by atoms with Crippen molar-refractivity contribution in [2.45, 2.75) is 20.0 Å². The molecule has 2 aromatic carbocycles. The van der Waals surface area contributed by atoms with Crippen LogP contribution in [0, 0.1) is 0 Å². The van der Waals surface area contributed by atoms with Crippen molar-refractivity contribution in [2.75, 3.05) is 5.32 Å². The van der Waals surface area contributed by atoms with Crippen LogP contribution in [0.1, 0.15) is 34.6 Å². The van der Waals surface area contributed by atoms with Gasteiger partial charge in [0.05, 0.1) is 5.56 Å². The van der Waals surface area contributed by atoms with E-state index in [1.165, 1.54) is 13.8 Å². The average Bonchev–Trinajstić information content (AvgIpc) is 2.67. The Kier molecular flexibility index (Phi) is 5.35. The van der Waals surface area contributed by atoms with Gasteiger partial charge in [-0.1, -0.05) is 18.2 Å². The van der Waals surface area contributed by atoms with E-state index in [0.717, 1.165) is 6.07 Å². The SMILES string of the molecule is CC(=O)c1ccc(NC(=O)[C@H](C)OC(=O)c2cc(=O)[nH]c3ccccc23)cc1. The molecule has 3 aromatic rings. The summed E-state index contributed by atoms with van der Waals surface area (Å²) < 4.78 is 5.24. The Labute approximate surface area is 160 Å². The maximum Gasteiger partial charge on any atom is 0.339 e. The van der Waals surface area contributed by atoms with E-state index in [9.17, 15) is 19.2 Å². The van der Waals surface area contributed by atoms with Crippen LogP contribution in [-0.4, -0.2) is 28.7 Å². The Morgan fingerprint density at radius 2 is 1.71 bits per heavy atom. The molecule has 0 aliphatic carbocycles. The van der Waals surface area contributed by atoms with Gasteiger partial charge in [0.1, 0.15) is 0 Å². The van der Waals surface area contributed by atoms with E-state index in [-0.39, 0.29) is 11.3 Å². The maximum atomic E-state index is 12.5. The van der Waals surface area contributed by atoms with Crippen LogP contribution in [-0.2, 0) is 9.53 Å². The minimum Gasteiger partial charge on any atom is -0.449 e. The molecule has 142 valence electrons. The number of aromatic nitrogens is 1. The Bertz CT molecular complexity index is 1120. The highest BCUT2D eigenvalue weighted by Gasteiger charge is 2.21. The monoisotopic (exact) mass is 378 g/mol. The van der Waals surface area contributed by atoms with Crippen molar-refractivity contribution in [1.29, 1.82) is 0 Å². The van der Waals surface area contributed by atoms with Gasteiger partial charge in [-0.2, -0.15) is 0 Å². The zero-order valence-corrected chi connectivity index (χ0v) is 15.3. The normalized spacial score (nSPS) is 11.6. The number of para-hydroxylation sites is 1. The predicted molar refractivity (Wildman–Crippen MR) is 105 cm³/mol. The Hall–Kier alpha value is -3.74. The number of hydrogen-bond acceptors (Lipinski definition) is 5. The average molecular weight is 378 g/mol. The molecule has 1 atom stereocenters. The Morgan fingerprint density at radius 1 is 1.04 bits per heavy atom. The lowest BCUT2D eigenvalue weighted by molar-refractivity contribution is -0.123. The van der Waals surface area contributed by atoms with Crippen LogP contribution in [0.25, 0.3) is 10.9 Å². The molecule has 0 bridgehead atoms. The van der Waals surface area contributed by atoms with Crippen molar-refractivity contribution < 1.29 is 19.1 Å². The van der Waals surface area contributed by atoms with E-state index < -0.39 is 23.5 Å². The Morgan fingerprint density at radius 3 is 2.39 bits per heavy atom. The number of esters is 1. The number of pyridine rings is 1. The fraction of sp³-hybridized carbons (Fsp3) is 0.143. The first-order valence-electron chi connectivity index (χ1n) is 8.60. The van der Waals surface area contributed by atoms with Crippen LogP contribution in [0.2, 0.25) is 0 Å². The van der Waals surface area contributed by atoms with Gasteiger partial charge in [-0.3, -0.25) is 14.4 Å². The van der Waals surface area contributed by atoms with Gasteiger partial charge >= 0.3 is 5.97 Å². The second-order valence-electron chi connectivity index (χ2n) is 6.26. The molecular weight excluding hydrogens is 360 g/mol. The lowest BCUT2D eigenvalue weighted by atomic mass is 10.1. The quantitative estimate of drug-likeness (QED) is 0.525. The summed E-state index contributed by atoms with van der Waals surface area (Å²) in [5.41, 5.74) is 1.15. The maximum absolute atomic E-state index is 12.5. The smallest absolute Gasteiger partial charge is 0.339 e. The number of hydrogen-bond donors (Lipinski definition) is 2. The molecule has 0 radical (unpaired) electrons. The lowest BCUT2D eigenvalue weighted by Crippen LogP contribution is -2.30. The fourth-order valence-electron chi connectivity index (χ4n) is 2.68. The van der Waals surface area contributed by atoms with E-state index in [1.807, 2.05) is 0 Å². The number of carbonyl (C=O) groups is 3. The molecule has 1 aromatic heterocycles. The van der Waals surface area contributed by atoms with Crippen molar-refractivity contribution >= 4 is 34.3 Å². The third-order valence-electron chi connectivity index (χ3n) is 4.18. The Balaban J connectivity index is 1.73. The molecule has 0 saturated carbocycles. The number of amides is 1. The fourth-order valence-corrected chi connectivity index (χ4v) is 2.68. The molecule has 0 spiro atoms. The van der Waals surface area contributed by atoms with Gasteiger partial charge in [0.2, 0.25) is 5.56 Å². The number of anilines is 1. The van der Waals surface area contributed by atoms with Crippen LogP contribution in [0.5, 0.6) is 0 Å². The number of fused-ring (bicyclic) bond motifs is 1. The molecular formula is C21H18N2O5. The molecule has 1 amide bonds. The van der Waals surface area contributed by atoms with E-state index in [1.54, 1.807) is 48.5 Å². The van der Waals surface area contributed by atoms with Gasteiger partial charge in [-0.15, -0.1) is 0 Å². The first-order valence-corrected chi connectivity index (χ1v) is 8.60. The van der Waals surface area contributed by atoms with Gasteiger partial charge in [0.15, 0.2) is 11.9 Å². The van der Waals surface area contributed by atoms with E-state index in [0.29, 0.717) is 22.2 Å². The summed E-state index contributed by atoms with van der Waals surface area (Å²) >= 11 is 0. The van der Waals surface area contributed by atoms with Crippen LogP contribution in [0.4, 0.5) is 5.69 Å². The number of rotatable bonds is 5. The van der Waals surface area contributed by atoms with Gasteiger partial charge in [-0.25, -0.2) is 4.79 Å². The molecule has 0 aliphatic heterocycles. The van der Waals surface area contributed by atoms with Gasteiger partial charge in [0.25, 0.3) is 5.91 Å².